The molecule has 0 aliphatic heterocycles. The van der Waals surface area contributed by atoms with Gasteiger partial charge in [-0.25, -0.2) is 0 Å². The molecule has 4 heteroatoms. The molecular weight excluding hydrogens is 223 g/mol. The van der Waals surface area contributed by atoms with Crippen molar-refractivity contribution in [2.75, 3.05) is 0 Å². The summed E-state index contributed by atoms with van der Waals surface area (Å²) < 4.78 is 7.50. The van der Waals surface area contributed by atoms with Gasteiger partial charge >= 0.3 is 11.3 Å². The number of carbonyl (C=O) groups excluding carboxylic acids is 1. The van der Waals surface area contributed by atoms with Gasteiger partial charge in [0.2, 0.25) is 0 Å². The van der Waals surface area contributed by atoms with Crippen LogP contribution in [0.15, 0.2) is 11.8 Å². The van der Waals surface area contributed by atoms with E-state index >= 15 is 0 Å². The van der Waals surface area contributed by atoms with Crippen molar-refractivity contribution >= 4 is 5.78 Å². The second-order valence-corrected chi connectivity index (χ2v) is 1.37. The quantitative estimate of drug-likeness (QED) is 0.206. The zero-order valence-corrected chi connectivity index (χ0v) is 7.27. The van der Waals surface area contributed by atoms with Gasteiger partial charge < -0.3 is 5.11 Å². The second-order valence-electron chi connectivity index (χ2n) is 1.37. The van der Waals surface area contributed by atoms with Crippen LogP contribution in [0.25, 0.3) is 0 Å². The molecule has 0 spiro atoms. The van der Waals surface area contributed by atoms with Crippen LogP contribution in [0, 0.1) is 6.65 Å². The fourth-order valence-corrected chi connectivity index (χ4v) is 0.286. The Kier molecular flexibility index (Phi) is 18.5. The number of allylic oxidation sites excluding steroid dienone is 2. The van der Waals surface area contributed by atoms with Crippen molar-refractivity contribution < 1.29 is 34.0 Å². The maximum absolute atomic E-state index is 9.98. The summed E-state index contributed by atoms with van der Waals surface area (Å²) in [7, 11) is 0. The minimum absolute atomic E-state index is 0. The maximum Gasteiger partial charge on any atom is 0 e. The van der Waals surface area contributed by atoms with Crippen LogP contribution in [0.4, 0.5) is 0 Å². The van der Waals surface area contributed by atoms with E-state index < -0.39 is 0 Å². The molecule has 0 saturated heterocycles. The van der Waals surface area contributed by atoms with Crippen molar-refractivity contribution in [2.45, 2.75) is 13.8 Å². The van der Waals surface area contributed by atoms with Crippen LogP contribution in [0.3, 0.4) is 0 Å². The van der Waals surface area contributed by atoms with Crippen LogP contribution in [-0.2, 0) is 28.9 Å². The molecule has 0 fully saturated rings. The van der Waals surface area contributed by atoms with Crippen LogP contribution < -0.4 is 5.11 Å². The molecule has 0 bridgehead atoms. The van der Waals surface area contributed by atoms with E-state index in [0.29, 0.717) is 0 Å². The third kappa shape index (κ3) is 25.6. The van der Waals surface area contributed by atoms with Crippen molar-refractivity contribution in [3.63, 3.8) is 0 Å². The molecule has 0 amide bonds. The molecule has 0 unspecified atom stereocenters. The third-order valence-corrected chi connectivity index (χ3v) is 0.407. The fourth-order valence-electron chi connectivity index (χ4n) is 0.286. The predicted octanol–water partition coefficient (Wildman–Crippen LogP) is -0.201. The molecule has 0 rings (SSSR count). The number of hydrogen-bond donors (Lipinski definition) is 0. The van der Waals surface area contributed by atoms with E-state index in [4.69, 9.17) is 4.65 Å². The number of carbonyl (C=O) groups is 1. The molecule has 3 nitrogen and oxygen atoms in total. The average Bonchev–Trinajstić information content (AvgIpc) is 1.68. The average molecular weight is 230 g/mol. The Balaban J connectivity index is -0.000000149. The van der Waals surface area contributed by atoms with Gasteiger partial charge in [-0.2, -0.15) is 0 Å². The Morgan fingerprint density at radius 2 is 1.80 bits per heavy atom. The van der Waals surface area contributed by atoms with Gasteiger partial charge in [0, 0.05) is 19.5 Å². The van der Waals surface area contributed by atoms with Gasteiger partial charge in [0.05, 0.1) is 0 Å². The van der Waals surface area contributed by atoms with Crippen LogP contribution in [0.1, 0.15) is 13.8 Å². The van der Waals surface area contributed by atoms with Gasteiger partial charge in [-0.1, -0.05) is 6.92 Å². The monoisotopic (exact) mass is 230 g/mol. The van der Waals surface area contributed by atoms with Gasteiger partial charge in [-0.15, -0.1) is 5.76 Å². The Labute approximate surface area is 72.6 Å². The van der Waals surface area contributed by atoms with Crippen LogP contribution in [0.2, 0.25) is 0 Å². The van der Waals surface area contributed by atoms with Crippen LogP contribution >= 0.6 is 0 Å². The molecule has 0 atom stereocenters. The first kappa shape index (κ1) is 16.3. The van der Waals surface area contributed by atoms with Gasteiger partial charge in [0.1, 0.15) is 0 Å². The number of hydrogen-bond acceptors (Lipinski definition) is 2. The summed E-state index contributed by atoms with van der Waals surface area (Å²) >= 11 is 0. The third-order valence-electron chi connectivity index (χ3n) is 0.407. The minimum atomic E-state index is -0.187. The summed E-state index contributed by atoms with van der Waals surface area (Å²) in [5.74, 6) is -0.375. The second kappa shape index (κ2) is 11.4. The van der Waals surface area contributed by atoms with E-state index in [1.165, 1.54) is 13.8 Å². The standard InChI is InChI=1S/C5H8O2.CO.Rh/c1-4(6)3-5(2)7;1-2;/h3,6H,1-2H3;;/p-1/b4-3-;;. The Morgan fingerprint density at radius 1 is 1.50 bits per heavy atom. The van der Waals surface area contributed by atoms with Gasteiger partial charge in [-0.05, 0) is 13.0 Å². The number of ketones is 1. The van der Waals surface area contributed by atoms with E-state index in [2.05, 4.69) is 6.65 Å². The van der Waals surface area contributed by atoms with Crippen LogP contribution in [-0.4, -0.2) is 5.78 Å². The van der Waals surface area contributed by atoms with Gasteiger partial charge in [0.15, 0.2) is 5.78 Å². The van der Waals surface area contributed by atoms with Crippen LogP contribution in [0.5, 0.6) is 0 Å². The summed E-state index contributed by atoms with van der Waals surface area (Å²) in [6.45, 7) is 7.20. The molecule has 10 heavy (non-hydrogen) atoms. The zero-order chi connectivity index (χ0) is 7.86. The molecule has 0 aromatic carbocycles. The van der Waals surface area contributed by atoms with E-state index in [1.54, 1.807) is 0 Å². The largest absolute Gasteiger partial charge is 0 e. The predicted molar refractivity (Wildman–Crippen MR) is 28.4 cm³/mol. The van der Waals surface area contributed by atoms with Gasteiger partial charge in [0.25, 0.3) is 0 Å². The zero-order valence-electron chi connectivity index (χ0n) is 5.64. The molecule has 0 aliphatic carbocycles. The summed E-state index contributed by atoms with van der Waals surface area (Å²) in [5, 5.41) is 9.98. The Bertz CT molecular complexity index is 133. The molecule has 0 aliphatic rings. The summed E-state index contributed by atoms with van der Waals surface area (Å²) in [5.41, 5.74) is 0. The Hall–Kier alpha value is -0.427. The first-order valence-electron chi connectivity index (χ1n) is 2.19. The Morgan fingerprint density at radius 3 is 1.80 bits per heavy atom. The first-order chi connectivity index (χ1) is 4.13. The summed E-state index contributed by atoms with van der Waals surface area (Å²) in [6.07, 6.45) is 1.06. The maximum atomic E-state index is 9.98. The normalized spacial score (nSPS) is 8.20. The van der Waals surface area contributed by atoms with Crippen molar-refractivity contribution in [3.8, 4) is 0 Å². The summed E-state index contributed by atoms with van der Waals surface area (Å²) in [6, 6.07) is 0. The van der Waals surface area contributed by atoms with E-state index in [0.717, 1.165) is 6.08 Å². The van der Waals surface area contributed by atoms with Crippen molar-refractivity contribution in [3.05, 3.63) is 18.5 Å². The van der Waals surface area contributed by atoms with E-state index in [-0.39, 0.29) is 31.0 Å². The molecule has 0 heterocycles. The molecule has 1 radical (unpaired) electrons. The van der Waals surface area contributed by atoms with Crippen molar-refractivity contribution in [1.82, 2.24) is 0 Å². The fraction of sp³-hybridized carbons (Fsp3) is 0.333. The van der Waals surface area contributed by atoms with E-state index in [9.17, 15) is 9.90 Å². The topological polar surface area (TPSA) is 60.0 Å². The van der Waals surface area contributed by atoms with Gasteiger partial charge in [-0.3, -0.25) is 4.79 Å². The number of rotatable bonds is 1. The molecule has 0 aromatic heterocycles. The molecule has 0 N–H and O–H groups in total. The SMILES string of the molecule is CC(=O)/C=C(/C)[O-].[C-]#[O+].[Rh]. The summed E-state index contributed by atoms with van der Waals surface area (Å²) in [4.78, 5) is 9.98. The molecule has 0 saturated carbocycles. The first-order valence-corrected chi connectivity index (χ1v) is 2.19. The molecular formula is C6H7O3Rh-. The molecule has 0 aromatic rings. The van der Waals surface area contributed by atoms with Crippen molar-refractivity contribution in [1.29, 1.82) is 0 Å². The smallest absolute Gasteiger partial charge is 0 e. The molecule has 59 valence electrons. The minimum Gasteiger partial charge on any atom is 0 e. The van der Waals surface area contributed by atoms with Crippen molar-refractivity contribution in [2.24, 2.45) is 0 Å². The van der Waals surface area contributed by atoms with E-state index in [1.807, 2.05) is 0 Å².